The zero-order valence-electron chi connectivity index (χ0n) is 16.1. The fourth-order valence-electron chi connectivity index (χ4n) is 3.50. The zero-order valence-corrected chi connectivity index (χ0v) is 16.1. The van der Waals surface area contributed by atoms with E-state index in [1.54, 1.807) is 19.1 Å². The molecule has 1 aromatic carbocycles. The molecule has 0 saturated carbocycles. The van der Waals surface area contributed by atoms with E-state index in [1.165, 1.54) is 19.4 Å². The van der Waals surface area contributed by atoms with Crippen LogP contribution in [0.4, 0.5) is 0 Å². The molecule has 0 saturated heterocycles. The van der Waals surface area contributed by atoms with Crippen molar-refractivity contribution in [1.82, 2.24) is 4.98 Å². The predicted octanol–water partition coefficient (Wildman–Crippen LogP) is 2.11. The van der Waals surface area contributed by atoms with E-state index in [1.807, 2.05) is 0 Å². The lowest BCUT2D eigenvalue weighted by molar-refractivity contribution is -0.135. The van der Waals surface area contributed by atoms with E-state index in [0.29, 0.717) is 11.3 Å². The number of hydrogen-bond donors (Lipinski definition) is 1. The molecule has 1 aliphatic heterocycles. The average Bonchev–Trinajstić information content (AvgIpc) is 2.73. The van der Waals surface area contributed by atoms with E-state index in [-0.39, 0.29) is 40.9 Å². The average molecular weight is 411 g/mol. The third-order valence-corrected chi connectivity index (χ3v) is 4.89. The Bertz CT molecular complexity index is 1290. The van der Waals surface area contributed by atoms with Crippen molar-refractivity contribution in [3.63, 3.8) is 0 Å². The van der Waals surface area contributed by atoms with Crippen molar-refractivity contribution in [3.05, 3.63) is 67.9 Å². The maximum absolute atomic E-state index is 13.2. The number of nitrogens with one attached hydrogen (secondary N) is 1. The van der Waals surface area contributed by atoms with Crippen LogP contribution in [-0.4, -0.2) is 30.6 Å². The van der Waals surface area contributed by atoms with Gasteiger partial charge in [0.1, 0.15) is 16.9 Å². The number of carbonyl (C=O) groups excluding carboxylic acids is 2. The number of benzene rings is 1. The van der Waals surface area contributed by atoms with Crippen LogP contribution in [-0.2, 0) is 9.53 Å². The summed E-state index contributed by atoms with van der Waals surface area (Å²) in [7, 11) is 1.47. The Morgan fingerprint density at radius 1 is 1.27 bits per heavy atom. The van der Waals surface area contributed by atoms with Crippen molar-refractivity contribution in [2.75, 3.05) is 13.7 Å². The first-order chi connectivity index (χ1) is 14.4. The normalized spacial score (nSPS) is 15.4. The SMILES string of the molecule is CCOC(=O)c1c[nH]c(=O)c2c1OC(=O)C[C@@H]2c1coc2ccc(OC)cc2c1=O. The molecule has 0 bridgehead atoms. The predicted molar refractivity (Wildman–Crippen MR) is 104 cm³/mol. The fourth-order valence-corrected chi connectivity index (χ4v) is 3.50. The Morgan fingerprint density at radius 3 is 2.80 bits per heavy atom. The van der Waals surface area contributed by atoms with Gasteiger partial charge in [-0.25, -0.2) is 4.79 Å². The van der Waals surface area contributed by atoms with Gasteiger partial charge in [0.2, 0.25) is 0 Å². The Balaban J connectivity index is 1.94. The Morgan fingerprint density at radius 2 is 2.07 bits per heavy atom. The number of ether oxygens (including phenoxy) is 3. The molecule has 30 heavy (non-hydrogen) atoms. The molecule has 0 radical (unpaired) electrons. The van der Waals surface area contributed by atoms with Crippen molar-refractivity contribution >= 4 is 22.9 Å². The maximum Gasteiger partial charge on any atom is 0.343 e. The minimum absolute atomic E-state index is 0.00491. The molecule has 0 spiro atoms. The number of esters is 2. The van der Waals surface area contributed by atoms with E-state index in [0.717, 1.165) is 6.20 Å². The summed E-state index contributed by atoms with van der Waals surface area (Å²) >= 11 is 0. The van der Waals surface area contributed by atoms with Gasteiger partial charge < -0.3 is 23.6 Å². The molecule has 9 heteroatoms. The molecule has 0 aliphatic carbocycles. The summed E-state index contributed by atoms with van der Waals surface area (Å²) in [6, 6.07) is 4.76. The first-order valence-electron chi connectivity index (χ1n) is 9.17. The van der Waals surface area contributed by atoms with Crippen LogP contribution >= 0.6 is 0 Å². The molecule has 4 rings (SSSR count). The summed E-state index contributed by atoms with van der Waals surface area (Å²) in [6.45, 7) is 1.72. The Kier molecular flexibility index (Phi) is 4.86. The van der Waals surface area contributed by atoms with Crippen LogP contribution in [0.2, 0.25) is 0 Å². The highest BCUT2D eigenvalue weighted by Crippen LogP contribution is 2.38. The van der Waals surface area contributed by atoms with Crippen LogP contribution in [0, 0.1) is 0 Å². The largest absolute Gasteiger partial charge is 0.497 e. The lowest BCUT2D eigenvalue weighted by Crippen LogP contribution is -2.32. The van der Waals surface area contributed by atoms with Crippen LogP contribution in [0.1, 0.15) is 40.7 Å². The third kappa shape index (κ3) is 3.14. The molecule has 154 valence electrons. The van der Waals surface area contributed by atoms with E-state index in [2.05, 4.69) is 4.98 Å². The number of rotatable bonds is 4. The lowest BCUT2D eigenvalue weighted by Gasteiger charge is -2.24. The highest BCUT2D eigenvalue weighted by atomic mass is 16.5. The van der Waals surface area contributed by atoms with Crippen molar-refractivity contribution in [2.24, 2.45) is 0 Å². The third-order valence-electron chi connectivity index (χ3n) is 4.89. The van der Waals surface area contributed by atoms with Gasteiger partial charge in [-0.05, 0) is 25.1 Å². The minimum atomic E-state index is -0.953. The maximum atomic E-state index is 13.2. The smallest absolute Gasteiger partial charge is 0.343 e. The molecular weight excluding hydrogens is 394 g/mol. The second-order valence-corrected chi connectivity index (χ2v) is 6.61. The lowest BCUT2D eigenvalue weighted by atomic mass is 9.86. The van der Waals surface area contributed by atoms with Gasteiger partial charge in [-0.3, -0.25) is 14.4 Å². The molecule has 1 aliphatic rings. The molecule has 3 aromatic rings. The standard InChI is InChI=1S/C21H17NO8/c1-3-28-21(26)13-8-22-20(25)17-11(7-16(23)30-19(13)17)14-9-29-15-5-4-10(27-2)6-12(15)18(14)24/h4-6,8-9,11H,3,7H2,1-2H3,(H,22,25)/t11-/m1/s1. The van der Waals surface area contributed by atoms with Crippen LogP contribution in [0.25, 0.3) is 11.0 Å². The van der Waals surface area contributed by atoms with Crippen LogP contribution in [0.3, 0.4) is 0 Å². The summed E-state index contributed by atoms with van der Waals surface area (Å²) in [6.07, 6.45) is 2.09. The van der Waals surface area contributed by atoms with Gasteiger partial charge in [-0.15, -0.1) is 0 Å². The van der Waals surface area contributed by atoms with Crippen LogP contribution < -0.4 is 20.5 Å². The van der Waals surface area contributed by atoms with Gasteiger partial charge in [0.25, 0.3) is 5.56 Å². The Hall–Kier alpha value is -3.88. The second kappa shape index (κ2) is 7.51. The number of aromatic amines is 1. The summed E-state index contributed by atoms with van der Waals surface area (Å²) in [5.41, 5.74) is -0.675. The number of H-pyrrole nitrogens is 1. The number of fused-ring (bicyclic) bond motifs is 2. The zero-order chi connectivity index (χ0) is 21.4. The van der Waals surface area contributed by atoms with E-state index >= 15 is 0 Å². The quantitative estimate of drug-likeness (QED) is 0.647. The monoisotopic (exact) mass is 411 g/mol. The molecule has 1 N–H and O–H groups in total. The van der Waals surface area contributed by atoms with E-state index in [4.69, 9.17) is 18.6 Å². The second-order valence-electron chi connectivity index (χ2n) is 6.61. The number of hydrogen-bond acceptors (Lipinski definition) is 8. The fraction of sp³-hybridized carbons (Fsp3) is 0.238. The van der Waals surface area contributed by atoms with Crippen molar-refractivity contribution in [2.45, 2.75) is 19.3 Å². The summed E-state index contributed by atoms with van der Waals surface area (Å²) < 4.78 is 20.9. The van der Waals surface area contributed by atoms with Crippen LogP contribution in [0.5, 0.6) is 11.5 Å². The molecule has 3 heterocycles. The number of carbonyl (C=O) groups is 2. The molecule has 9 nitrogen and oxygen atoms in total. The van der Waals surface area contributed by atoms with Gasteiger partial charge in [0, 0.05) is 17.7 Å². The molecule has 0 unspecified atom stereocenters. The first-order valence-corrected chi connectivity index (χ1v) is 9.17. The summed E-state index contributed by atoms with van der Waals surface area (Å²) in [5, 5.41) is 0.241. The molecular formula is C21H17NO8. The summed E-state index contributed by atoms with van der Waals surface area (Å²) in [4.78, 5) is 52.8. The topological polar surface area (TPSA) is 125 Å². The van der Waals surface area contributed by atoms with E-state index < -0.39 is 28.8 Å². The highest BCUT2D eigenvalue weighted by Gasteiger charge is 2.36. The van der Waals surface area contributed by atoms with Gasteiger partial charge >= 0.3 is 11.9 Å². The molecule has 0 fully saturated rings. The van der Waals surface area contributed by atoms with Gasteiger partial charge in [-0.2, -0.15) is 0 Å². The molecule has 2 aromatic heterocycles. The van der Waals surface area contributed by atoms with E-state index in [9.17, 15) is 19.2 Å². The van der Waals surface area contributed by atoms with Crippen LogP contribution in [0.15, 0.2) is 44.7 Å². The minimum Gasteiger partial charge on any atom is -0.497 e. The van der Waals surface area contributed by atoms with Gasteiger partial charge in [0.05, 0.1) is 37.4 Å². The number of aromatic nitrogens is 1. The van der Waals surface area contributed by atoms with Crippen molar-refractivity contribution in [1.29, 1.82) is 0 Å². The molecule has 1 atom stereocenters. The van der Waals surface area contributed by atoms with Crippen molar-refractivity contribution in [3.8, 4) is 11.5 Å². The number of pyridine rings is 1. The van der Waals surface area contributed by atoms with Gasteiger partial charge in [0.15, 0.2) is 11.2 Å². The Labute approximate surface area is 169 Å². The van der Waals surface area contributed by atoms with Crippen molar-refractivity contribution < 1.29 is 28.2 Å². The summed E-state index contributed by atoms with van der Waals surface area (Å²) in [5.74, 6) is -2.14. The first kappa shape index (κ1) is 19.4. The highest BCUT2D eigenvalue weighted by molar-refractivity contribution is 5.94. The van der Waals surface area contributed by atoms with Gasteiger partial charge in [-0.1, -0.05) is 0 Å². The molecule has 0 amide bonds. The number of methoxy groups -OCH3 is 1.